The SMILES string of the molecule is NCc1ccc(C(=O)NC(Cc2ccccc2)C2CC2)cc1. The second-order valence-electron chi connectivity index (χ2n) is 6.01. The summed E-state index contributed by atoms with van der Waals surface area (Å²) in [7, 11) is 0. The lowest BCUT2D eigenvalue weighted by molar-refractivity contribution is 0.0932. The number of carbonyl (C=O) groups excluding carboxylic acids is 1. The molecular formula is C19H22N2O. The van der Waals surface area contributed by atoms with Crippen molar-refractivity contribution in [3.05, 3.63) is 71.3 Å². The highest BCUT2D eigenvalue weighted by molar-refractivity contribution is 5.94. The van der Waals surface area contributed by atoms with Gasteiger partial charge >= 0.3 is 0 Å². The van der Waals surface area contributed by atoms with E-state index in [2.05, 4.69) is 17.4 Å². The Bertz CT molecular complexity index is 618. The van der Waals surface area contributed by atoms with Gasteiger partial charge in [0.1, 0.15) is 0 Å². The first kappa shape index (κ1) is 14.8. The Hall–Kier alpha value is -2.13. The van der Waals surface area contributed by atoms with E-state index >= 15 is 0 Å². The summed E-state index contributed by atoms with van der Waals surface area (Å²) in [5.41, 5.74) is 8.61. The Morgan fingerprint density at radius 2 is 1.73 bits per heavy atom. The molecule has 1 unspecified atom stereocenters. The van der Waals surface area contributed by atoms with Crippen LogP contribution in [-0.2, 0) is 13.0 Å². The average Bonchev–Trinajstić information content (AvgIpc) is 3.40. The van der Waals surface area contributed by atoms with Crippen LogP contribution in [0.1, 0.15) is 34.3 Å². The molecule has 3 nitrogen and oxygen atoms in total. The van der Waals surface area contributed by atoms with Gasteiger partial charge < -0.3 is 11.1 Å². The maximum atomic E-state index is 12.4. The molecule has 1 saturated carbocycles. The molecule has 0 bridgehead atoms. The largest absolute Gasteiger partial charge is 0.349 e. The summed E-state index contributed by atoms with van der Waals surface area (Å²) in [4.78, 5) is 12.4. The van der Waals surface area contributed by atoms with Gasteiger partial charge in [0.2, 0.25) is 0 Å². The summed E-state index contributed by atoms with van der Waals surface area (Å²) in [5, 5.41) is 3.21. The van der Waals surface area contributed by atoms with E-state index in [4.69, 9.17) is 5.73 Å². The van der Waals surface area contributed by atoms with Crippen LogP contribution in [-0.4, -0.2) is 11.9 Å². The Labute approximate surface area is 131 Å². The van der Waals surface area contributed by atoms with Crippen molar-refractivity contribution in [2.24, 2.45) is 11.7 Å². The van der Waals surface area contributed by atoms with Crippen LogP contribution in [0.4, 0.5) is 0 Å². The Morgan fingerprint density at radius 1 is 1.05 bits per heavy atom. The van der Waals surface area contributed by atoms with Crippen molar-refractivity contribution >= 4 is 5.91 Å². The van der Waals surface area contributed by atoms with Crippen molar-refractivity contribution in [3.63, 3.8) is 0 Å². The van der Waals surface area contributed by atoms with Gasteiger partial charge in [0.05, 0.1) is 0 Å². The molecule has 1 fully saturated rings. The van der Waals surface area contributed by atoms with Gasteiger partial charge in [0.25, 0.3) is 5.91 Å². The van der Waals surface area contributed by atoms with Gasteiger partial charge in [-0.2, -0.15) is 0 Å². The molecule has 2 aromatic carbocycles. The summed E-state index contributed by atoms with van der Waals surface area (Å²) in [6, 6.07) is 18.1. The van der Waals surface area contributed by atoms with Crippen LogP contribution in [0.2, 0.25) is 0 Å². The highest BCUT2D eigenvalue weighted by atomic mass is 16.1. The van der Waals surface area contributed by atoms with Crippen molar-refractivity contribution in [2.45, 2.75) is 31.8 Å². The van der Waals surface area contributed by atoms with Crippen molar-refractivity contribution < 1.29 is 4.79 Å². The fourth-order valence-electron chi connectivity index (χ4n) is 2.75. The van der Waals surface area contributed by atoms with Crippen LogP contribution in [0.5, 0.6) is 0 Å². The number of benzene rings is 2. The van der Waals surface area contributed by atoms with Crippen molar-refractivity contribution in [1.29, 1.82) is 0 Å². The van der Waals surface area contributed by atoms with Gasteiger partial charge in [-0.25, -0.2) is 0 Å². The molecule has 114 valence electrons. The minimum absolute atomic E-state index is 0.0106. The number of nitrogens with two attached hydrogens (primary N) is 1. The molecule has 1 aliphatic rings. The van der Waals surface area contributed by atoms with Crippen LogP contribution in [0.15, 0.2) is 54.6 Å². The minimum Gasteiger partial charge on any atom is -0.349 e. The molecule has 0 aromatic heterocycles. The predicted octanol–water partition coefficient (Wildman–Crippen LogP) is 2.90. The Morgan fingerprint density at radius 3 is 2.32 bits per heavy atom. The zero-order valence-corrected chi connectivity index (χ0v) is 12.7. The molecule has 2 aromatic rings. The van der Waals surface area contributed by atoms with Crippen LogP contribution in [0.25, 0.3) is 0 Å². The van der Waals surface area contributed by atoms with Gasteiger partial charge in [0, 0.05) is 18.2 Å². The molecule has 0 saturated heterocycles. The van der Waals surface area contributed by atoms with E-state index in [9.17, 15) is 4.79 Å². The highest BCUT2D eigenvalue weighted by Crippen LogP contribution is 2.34. The maximum Gasteiger partial charge on any atom is 0.251 e. The molecule has 22 heavy (non-hydrogen) atoms. The first-order chi connectivity index (χ1) is 10.8. The van der Waals surface area contributed by atoms with E-state index in [1.54, 1.807) is 0 Å². The van der Waals surface area contributed by atoms with Gasteiger partial charge in [-0.05, 0) is 48.4 Å². The molecule has 1 atom stereocenters. The molecule has 0 heterocycles. The third-order valence-corrected chi connectivity index (χ3v) is 4.26. The normalized spacial score (nSPS) is 15.3. The van der Waals surface area contributed by atoms with E-state index < -0.39 is 0 Å². The summed E-state index contributed by atoms with van der Waals surface area (Å²) in [6.07, 6.45) is 3.33. The lowest BCUT2D eigenvalue weighted by atomic mass is 10.0. The Balaban J connectivity index is 1.66. The molecule has 0 radical (unpaired) electrons. The van der Waals surface area contributed by atoms with Crippen LogP contribution in [0.3, 0.4) is 0 Å². The highest BCUT2D eigenvalue weighted by Gasteiger charge is 2.32. The fourth-order valence-corrected chi connectivity index (χ4v) is 2.75. The number of amides is 1. The van der Waals surface area contributed by atoms with Crippen molar-refractivity contribution in [2.75, 3.05) is 0 Å². The molecule has 3 rings (SSSR count). The zero-order chi connectivity index (χ0) is 15.4. The third-order valence-electron chi connectivity index (χ3n) is 4.26. The topological polar surface area (TPSA) is 55.1 Å². The third kappa shape index (κ3) is 3.74. The fraction of sp³-hybridized carbons (Fsp3) is 0.316. The lowest BCUT2D eigenvalue weighted by Crippen LogP contribution is -2.38. The van der Waals surface area contributed by atoms with Crippen molar-refractivity contribution in [3.8, 4) is 0 Å². The first-order valence-electron chi connectivity index (χ1n) is 7.90. The van der Waals surface area contributed by atoms with Gasteiger partial charge in [0.15, 0.2) is 0 Å². The van der Waals surface area contributed by atoms with Gasteiger partial charge in [-0.3, -0.25) is 4.79 Å². The lowest BCUT2D eigenvalue weighted by Gasteiger charge is -2.18. The summed E-state index contributed by atoms with van der Waals surface area (Å²) in [5.74, 6) is 0.629. The molecule has 0 spiro atoms. The van der Waals surface area contributed by atoms with Crippen LogP contribution in [0, 0.1) is 5.92 Å². The summed E-state index contributed by atoms with van der Waals surface area (Å²) in [6.45, 7) is 0.501. The van der Waals surface area contributed by atoms with Gasteiger partial charge in [-0.15, -0.1) is 0 Å². The second-order valence-corrected chi connectivity index (χ2v) is 6.01. The predicted molar refractivity (Wildman–Crippen MR) is 88.5 cm³/mol. The maximum absolute atomic E-state index is 12.4. The van der Waals surface area contributed by atoms with Crippen LogP contribution < -0.4 is 11.1 Å². The van der Waals surface area contributed by atoms with Crippen LogP contribution >= 0.6 is 0 Å². The smallest absolute Gasteiger partial charge is 0.251 e. The Kier molecular flexibility index (Phi) is 4.54. The minimum atomic E-state index is 0.0106. The molecule has 1 aliphatic carbocycles. The second kappa shape index (κ2) is 6.75. The van der Waals surface area contributed by atoms with Crippen molar-refractivity contribution in [1.82, 2.24) is 5.32 Å². The first-order valence-corrected chi connectivity index (χ1v) is 7.90. The number of nitrogens with one attached hydrogen (secondary N) is 1. The van der Waals surface area contributed by atoms with Gasteiger partial charge in [-0.1, -0.05) is 42.5 Å². The molecule has 1 amide bonds. The molecule has 0 aliphatic heterocycles. The molecular weight excluding hydrogens is 272 g/mol. The number of rotatable bonds is 6. The van der Waals surface area contributed by atoms with E-state index in [1.165, 1.54) is 18.4 Å². The monoisotopic (exact) mass is 294 g/mol. The summed E-state index contributed by atoms with van der Waals surface area (Å²) >= 11 is 0. The summed E-state index contributed by atoms with van der Waals surface area (Å²) < 4.78 is 0. The standard InChI is InChI=1S/C19H22N2O/c20-13-15-6-8-17(9-7-15)19(22)21-18(16-10-11-16)12-14-4-2-1-3-5-14/h1-9,16,18H,10-13,20H2,(H,21,22). The number of hydrogen-bond acceptors (Lipinski definition) is 2. The van der Waals surface area contributed by atoms with E-state index in [1.807, 2.05) is 42.5 Å². The number of carbonyl (C=O) groups is 1. The zero-order valence-electron chi connectivity index (χ0n) is 12.7. The van der Waals surface area contributed by atoms with E-state index in [-0.39, 0.29) is 11.9 Å². The number of hydrogen-bond donors (Lipinski definition) is 2. The quantitative estimate of drug-likeness (QED) is 0.860. The molecule has 3 heteroatoms. The van der Waals surface area contributed by atoms with E-state index in [0.29, 0.717) is 18.0 Å². The van der Waals surface area contributed by atoms with E-state index in [0.717, 1.165) is 12.0 Å². The average molecular weight is 294 g/mol. The molecule has 3 N–H and O–H groups in total.